The Morgan fingerprint density at radius 3 is 2.54 bits per heavy atom. The number of benzene rings is 2. The van der Waals surface area contributed by atoms with E-state index in [4.69, 9.17) is 14.2 Å². The van der Waals surface area contributed by atoms with E-state index < -0.39 is 41.9 Å². The summed E-state index contributed by atoms with van der Waals surface area (Å²) in [6.07, 6.45) is 0.257. The molecule has 1 fully saturated rings. The van der Waals surface area contributed by atoms with E-state index in [9.17, 15) is 23.6 Å². The smallest absolute Gasteiger partial charge is 0.410 e. The summed E-state index contributed by atoms with van der Waals surface area (Å²) in [6.45, 7) is 3.26. The van der Waals surface area contributed by atoms with E-state index in [0.717, 1.165) is 25.2 Å². The van der Waals surface area contributed by atoms with Crippen LogP contribution >= 0.6 is 0 Å². The van der Waals surface area contributed by atoms with Gasteiger partial charge in [0.1, 0.15) is 18.5 Å². The van der Waals surface area contributed by atoms with Gasteiger partial charge in [-0.05, 0) is 49.4 Å². The average Bonchev–Trinajstić information content (AvgIpc) is 3.34. The summed E-state index contributed by atoms with van der Waals surface area (Å²) < 4.78 is 29.4. The lowest BCUT2D eigenvalue weighted by Crippen LogP contribution is -2.49. The molecule has 1 aliphatic rings. The van der Waals surface area contributed by atoms with Crippen molar-refractivity contribution < 1.29 is 37.8 Å². The summed E-state index contributed by atoms with van der Waals surface area (Å²) in [5.74, 6) is -2.83. The van der Waals surface area contributed by atoms with Gasteiger partial charge in [-0.3, -0.25) is 9.59 Å². The van der Waals surface area contributed by atoms with Crippen molar-refractivity contribution in [3.63, 3.8) is 0 Å². The molecule has 0 aromatic heterocycles. The molecular formula is C27H31FN2O7. The van der Waals surface area contributed by atoms with Gasteiger partial charge in [-0.25, -0.2) is 14.0 Å². The van der Waals surface area contributed by atoms with Crippen LogP contribution in [-0.2, 0) is 36.8 Å². The van der Waals surface area contributed by atoms with Crippen molar-refractivity contribution in [3.05, 3.63) is 71.0 Å². The van der Waals surface area contributed by atoms with Crippen molar-refractivity contribution in [1.82, 2.24) is 10.2 Å². The average molecular weight is 515 g/mol. The van der Waals surface area contributed by atoms with Crippen molar-refractivity contribution in [2.24, 2.45) is 0 Å². The van der Waals surface area contributed by atoms with E-state index in [1.54, 1.807) is 4.90 Å². The number of nitrogens with zero attached hydrogens (tertiary/aromatic N) is 1. The Morgan fingerprint density at radius 1 is 1.14 bits per heavy atom. The highest BCUT2D eigenvalue weighted by Crippen LogP contribution is 2.25. The minimum absolute atomic E-state index is 0.00781. The van der Waals surface area contributed by atoms with Gasteiger partial charge in [0, 0.05) is 25.1 Å². The SMILES string of the molecule is COC(=O)[C@@H](NC(=O)c1cc(F)ccc1CC1CCCN1C(=O)OCc1ccccc1)[C@@H](C)OC(C)=O. The van der Waals surface area contributed by atoms with Crippen LogP contribution in [0.25, 0.3) is 0 Å². The fraction of sp³-hybridized carbons (Fsp3) is 0.407. The van der Waals surface area contributed by atoms with Gasteiger partial charge in [-0.1, -0.05) is 36.4 Å². The Balaban J connectivity index is 1.74. The maximum absolute atomic E-state index is 14.2. The number of amides is 2. The largest absolute Gasteiger partial charge is 0.467 e. The molecule has 0 aliphatic carbocycles. The maximum atomic E-state index is 14.2. The normalized spacial score (nSPS) is 16.4. The number of hydrogen-bond acceptors (Lipinski definition) is 7. The molecule has 3 atom stereocenters. The standard InChI is InChI=1S/C27H31FN2O7/c1-17(37-18(2)31)24(26(33)35-3)29-25(32)23-15-21(28)12-11-20(23)14-22-10-7-13-30(22)27(34)36-16-19-8-5-4-6-9-19/h4-6,8-9,11-12,15,17,22,24H,7,10,13-14,16H2,1-3H3,(H,29,32)/t17-,22?,24+/m1/s1. The van der Waals surface area contributed by atoms with Crippen LogP contribution in [-0.4, -0.2) is 60.7 Å². The Bertz CT molecular complexity index is 1120. The van der Waals surface area contributed by atoms with E-state index in [1.807, 2.05) is 30.3 Å². The molecule has 2 aromatic rings. The summed E-state index contributed by atoms with van der Waals surface area (Å²) in [6, 6.07) is 11.6. The van der Waals surface area contributed by atoms with Crippen LogP contribution in [0.1, 0.15) is 48.2 Å². The number of esters is 2. The van der Waals surface area contributed by atoms with Gasteiger partial charge in [0.25, 0.3) is 5.91 Å². The van der Waals surface area contributed by atoms with Crippen LogP contribution in [0.2, 0.25) is 0 Å². The molecule has 198 valence electrons. The second kappa shape index (κ2) is 12.8. The molecule has 0 spiro atoms. The lowest BCUT2D eigenvalue weighted by molar-refractivity contribution is -0.154. The summed E-state index contributed by atoms with van der Waals surface area (Å²) in [5.41, 5.74) is 1.37. The number of carbonyl (C=O) groups is 4. The van der Waals surface area contributed by atoms with Crippen LogP contribution in [0.3, 0.4) is 0 Å². The van der Waals surface area contributed by atoms with Gasteiger partial charge >= 0.3 is 18.0 Å². The predicted octanol–water partition coefficient (Wildman–Crippen LogP) is 3.39. The van der Waals surface area contributed by atoms with E-state index in [0.29, 0.717) is 18.5 Å². The molecule has 1 heterocycles. The number of nitrogens with one attached hydrogen (secondary N) is 1. The first-order valence-electron chi connectivity index (χ1n) is 12.0. The van der Waals surface area contributed by atoms with Gasteiger partial charge in [0.2, 0.25) is 0 Å². The van der Waals surface area contributed by atoms with Gasteiger partial charge in [0.15, 0.2) is 6.04 Å². The van der Waals surface area contributed by atoms with Crippen LogP contribution in [0.15, 0.2) is 48.5 Å². The zero-order valence-electron chi connectivity index (χ0n) is 21.1. The summed E-state index contributed by atoms with van der Waals surface area (Å²) in [5, 5.41) is 2.49. The molecule has 9 nitrogen and oxygen atoms in total. The first-order chi connectivity index (χ1) is 17.7. The molecule has 2 amide bonds. The second-order valence-corrected chi connectivity index (χ2v) is 8.82. The van der Waals surface area contributed by atoms with Crippen molar-refractivity contribution in [2.45, 2.75) is 57.9 Å². The molecule has 0 bridgehead atoms. The third kappa shape index (κ3) is 7.52. The van der Waals surface area contributed by atoms with E-state index in [-0.39, 0.29) is 24.6 Å². The first-order valence-corrected chi connectivity index (χ1v) is 12.0. The molecule has 37 heavy (non-hydrogen) atoms. The zero-order valence-corrected chi connectivity index (χ0v) is 21.1. The van der Waals surface area contributed by atoms with Gasteiger partial charge in [-0.15, -0.1) is 0 Å². The summed E-state index contributed by atoms with van der Waals surface area (Å²) in [4.78, 5) is 51.2. The van der Waals surface area contributed by atoms with Crippen molar-refractivity contribution >= 4 is 23.9 Å². The molecule has 0 radical (unpaired) electrons. The summed E-state index contributed by atoms with van der Waals surface area (Å²) >= 11 is 0. The number of likely N-dealkylation sites (tertiary alicyclic amines) is 1. The fourth-order valence-corrected chi connectivity index (χ4v) is 4.33. The van der Waals surface area contributed by atoms with Crippen molar-refractivity contribution in [3.8, 4) is 0 Å². The molecule has 1 saturated heterocycles. The number of halogens is 1. The Kier molecular flexibility index (Phi) is 9.59. The van der Waals surface area contributed by atoms with E-state index >= 15 is 0 Å². The number of methoxy groups -OCH3 is 1. The molecule has 10 heteroatoms. The highest BCUT2D eigenvalue weighted by atomic mass is 19.1. The van der Waals surface area contributed by atoms with E-state index in [1.165, 1.54) is 26.0 Å². The number of rotatable bonds is 9. The lowest BCUT2D eigenvalue weighted by Gasteiger charge is -2.26. The highest BCUT2D eigenvalue weighted by Gasteiger charge is 2.33. The quantitative estimate of drug-likeness (QED) is 0.403. The van der Waals surface area contributed by atoms with Crippen LogP contribution in [0, 0.1) is 5.82 Å². The second-order valence-electron chi connectivity index (χ2n) is 8.82. The van der Waals surface area contributed by atoms with E-state index in [2.05, 4.69) is 5.32 Å². The maximum Gasteiger partial charge on any atom is 0.410 e. The van der Waals surface area contributed by atoms with Crippen molar-refractivity contribution in [2.75, 3.05) is 13.7 Å². The topological polar surface area (TPSA) is 111 Å². The van der Waals surface area contributed by atoms with Gasteiger partial charge in [0.05, 0.1) is 7.11 Å². The number of hydrogen-bond donors (Lipinski definition) is 1. The Labute approximate surface area is 214 Å². The van der Waals surface area contributed by atoms with Crippen LogP contribution in [0.4, 0.5) is 9.18 Å². The minimum atomic E-state index is -1.30. The van der Waals surface area contributed by atoms with Crippen LogP contribution in [0.5, 0.6) is 0 Å². The monoisotopic (exact) mass is 514 g/mol. The molecule has 1 N–H and O–H groups in total. The first kappa shape index (κ1) is 27.6. The van der Waals surface area contributed by atoms with Crippen LogP contribution < -0.4 is 5.32 Å². The number of carbonyl (C=O) groups excluding carboxylic acids is 4. The highest BCUT2D eigenvalue weighted by molar-refractivity contribution is 5.98. The molecule has 1 aliphatic heterocycles. The molecule has 1 unspecified atom stereocenters. The Morgan fingerprint density at radius 2 is 1.86 bits per heavy atom. The zero-order chi connectivity index (χ0) is 26.9. The molecule has 2 aromatic carbocycles. The Hall–Kier alpha value is -3.95. The third-order valence-corrected chi connectivity index (χ3v) is 6.15. The minimum Gasteiger partial charge on any atom is -0.467 e. The lowest BCUT2D eigenvalue weighted by atomic mass is 9.97. The third-order valence-electron chi connectivity index (χ3n) is 6.15. The van der Waals surface area contributed by atoms with Gasteiger partial charge in [-0.2, -0.15) is 0 Å². The molecule has 3 rings (SSSR count). The predicted molar refractivity (Wildman–Crippen MR) is 131 cm³/mol. The summed E-state index contributed by atoms with van der Waals surface area (Å²) in [7, 11) is 1.14. The van der Waals surface area contributed by atoms with Crippen molar-refractivity contribution in [1.29, 1.82) is 0 Å². The number of ether oxygens (including phenoxy) is 3. The molecular weight excluding hydrogens is 483 g/mol. The molecule has 0 saturated carbocycles. The van der Waals surface area contributed by atoms with Gasteiger partial charge < -0.3 is 24.4 Å². The fourth-order valence-electron chi connectivity index (χ4n) is 4.33.